The maximum Gasteiger partial charge on any atom is 0.225 e. The van der Waals surface area contributed by atoms with Gasteiger partial charge in [0.25, 0.3) is 0 Å². The second-order valence-corrected chi connectivity index (χ2v) is 4.52. The normalized spacial score (nSPS) is 10.5. The summed E-state index contributed by atoms with van der Waals surface area (Å²) in [6, 6.07) is 1.65. The molecule has 0 atom stereocenters. The van der Waals surface area contributed by atoms with Crippen molar-refractivity contribution in [3.63, 3.8) is 0 Å². The quantitative estimate of drug-likeness (QED) is 0.839. The molecule has 0 saturated heterocycles. The highest BCUT2D eigenvalue weighted by atomic mass is 79.9. The molecule has 2 aromatic rings. The average molecular weight is 297 g/mol. The fourth-order valence-electron chi connectivity index (χ4n) is 1.51. The number of aryl methyl sites for hydroxylation is 2. The molecule has 2 heterocycles. The fourth-order valence-corrected chi connectivity index (χ4v) is 1.91. The summed E-state index contributed by atoms with van der Waals surface area (Å²) in [5.74, 6) is 0.928. The Labute approximate surface area is 107 Å². The van der Waals surface area contributed by atoms with E-state index in [4.69, 9.17) is 5.73 Å². The van der Waals surface area contributed by atoms with Crippen LogP contribution in [0, 0.1) is 6.92 Å². The Bertz CT molecular complexity index is 515. The maximum atomic E-state index is 5.62. The molecular weight excluding hydrogens is 284 g/mol. The van der Waals surface area contributed by atoms with Crippen LogP contribution in [0.4, 0.5) is 11.8 Å². The van der Waals surface area contributed by atoms with Gasteiger partial charge < -0.3 is 11.1 Å². The number of nitrogen functional groups attached to an aromatic ring is 1. The van der Waals surface area contributed by atoms with E-state index >= 15 is 0 Å². The van der Waals surface area contributed by atoms with Crippen molar-refractivity contribution in [1.82, 2.24) is 19.7 Å². The summed E-state index contributed by atoms with van der Waals surface area (Å²) >= 11 is 3.27. The predicted octanol–water partition coefficient (Wildman–Crippen LogP) is 1.48. The highest BCUT2D eigenvalue weighted by Crippen LogP contribution is 2.13. The Kier molecular flexibility index (Phi) is 3.28. The van der Waals surface area contributed by atoms with Crippen molar-refractivity contribution in [3.8, 4) is 0 Å². The molecule has 0 aliphatic heterocycles. The molecule has 2 aromatic heterocycles. The summed E-state index contributed by atoms with van der Waals surface area (Å²) in [7, 11) is 1.89. The van der Waals surface area contributed by atoms with Crippen molar-refractivity contribution in [3.05, 3.63) is 28.1 Å². The van der Waals surface area contributed by atoms with Gasteiger partial charge in [0.1, 0.15) is 10.4 Å². The summed E-state index contributed by atoms with van der Waals surface area (Å²) < 4.78 is 2.44. The zero-order valence-corrected chi connectivity index (χ0v) is 11.2. The third kappa shape index (κ3) is 2.94. The van der Waals surface area contributed by atoms with Gasteiger partial charge in [0.2, 0.25) is 5.95 Å². The Morgan fingerprint density at radius 1 is 1.47 bits per heavy atom. The smallest absolute Gasteiger partial charge is 0.225 e. The Morgan fingerprint density at radius 2 is 2.24 bits per heavy atom. The predicted molar refractivity (Wildman–Crippen MR) is 69.4 cm³/mol. The molecule has 0 unspecified atom stereocenters. The minimum absolute atomic E-state index is 0.428. The van der Waals surface area contributed by atoms with Crippen molar-refractivity contribution >= 4 is 27.7 Å². The molecular formula is C10H13BrN6. The van der Waals surface area contributed by atoms with Crippen LogP contribution in [0.15, 0.2) is 16.9 Å². The van der Waals surface area contributed by atoms with Gasteiger partial charge in [-0.25, -0.2) is 4.98 Å². The molecule has 0 amide bonds. The van der Waals surface area contributed by atoms with Gasteiger partial charge >= 0.3 is 0 Å². The standard InChI is InChI=1S/C10H13BrN6/c1-6-7(5-17(2)16-6)4-13-10-14-8(11)3-9(12)15-10/h3,5H,4H2,1-2H3,(H3,12,13,14,15). The lowest BCUT2D eigenvalue weighted by Gasteiger charge is -2.04. The molecule has 0 spiro atoms. The third-order valence-corrected chi connectivity index (χ3v) is 2.67. The van der Waals surface area contributed by atoms with Crippen LogP contribution in [0.1, 0.15) is 11.3 Å². The number of nitrogens with two attached hydrogens (primary N) is 1. The van der Waals surface area contributed by atoms with E-state index in [1.54, 1.807) is 10.7 Å². The molecule has 7 heteroatoms. The summed E-state index contributed by atoms with van der Waals surface area (Å²) in [4.78, 5) is 8.26. The van der Waals surface area contributed by atoms with Crippen LogP contribution in [0.2, 0.25) is 0 Å². The van der Waals surface area contributed by atoms with E-state index in [-0.39, 0.29) is 0 Å². The zero-order valence-electron chi connectivity index (χ0n) is 9.61. The van der Waals surface area contributed by atoms with Crippen LogP contribution in [-0.4, -0.2) is 19.7 Å². The maximum absolute atomic E-state index is 5.62. The summed E-state index contributed by atoms with van der Waals surface area (Å²) in [6.07, 6.45) is 1.96. The van der Waals surface area contributed by atoms with Crippen LogP contribution in [0.5, 0.6) is 0 Å². The number of aromatic nitrogens is 4. The first kappa shape index (κ1) is 11.8. The van der Waals surface area contributed by atoms with E-state index in [0.29, 0.717) is 22.9 Å². The molecule has 0 aromatic carbocycles. The van der Waals surface area contributed by atoms with E-state index in [9.17, 15) is 0 Å². The number of halogens is 1. The highest BCUT2D eigenvalue weighted by Gasteiger charge is 2.04. The van der Waals surface area contributed by atoms with Crippen LogP contribution in [-0.2, 0) is 13.6 Å². The largest absolute Gasteiger partial charge is 0.383 e. The molecule has 90 valence electrons. The van der Waals surface area contributed by atoms with Crippen molar-refractivity contribution < 1.29 is 0 Å². The van der Waals surface area contributed by atoms with Gasteiger partial charge in [-0.2, -0.15) is 10.1 Å². The van der Waals surface area contributed by atoms with Gasteiger partial charge in [-0.1, -0.05) is 0 Å². The molecule has 0 bridgehead atoms. The first-order valence-corrected chi connectivity index (χ1v) is 5.87. The lowest BCUT2D eigenvalue weighted by molar-refractivity contribution is 0.756. The van der Waals surface area contributed by atoms with E-state index < -0.39 is 0 Å². The van der Waals surface area contributed by atoms with Crippen LogP contribution >= 0.6 is 15.9 Å². The first-order chi connectivity index (χ1) is 8.04. The Morgan fingerprint density at radius 3 is 2.82 bits per heavy atom. The number of anilines is 2. The number of hydrogen-bond donors (Lipinski definition) is 2. The zero-order chi connectivity index (χ0) is 12.4. The molecule has 0 aliphatic carbocycles. The SMILES string of the molecule is Cc1nn(C)cc1CNc1nc(N)cc(Br)n1. The summed E-state index contributed by atoms with van der Waals surface area (Å²) in [5.41, 5.74) is 7.72. The second-order valence-electron chi connectivity index (χ2n) is 3.71. The molecule has 6 nitrogen and oxygen atoms in total. The fraction of sp³-hybridized carbons (Fsp3) is 0.300. The van der Waals surface area contributed by atoms with E-state index in [0.717, 1.165) is 11.3 Å². The minimum atomic E-state index is 0.428. The van der Waals surface area contributed by atoms with Gasteiger partial charge in [0.15, 0.2) is 0 Å². The first-order valence-electron chi connectivity index (χ1n) is 5.07. The summed E-state index contributed by atoms with van der Waals surface area (Å²) in [6.45, 7) is 2.59. The molecule has 3 N–H and O–H groups in total. The van der Waals surface area contributed by atoms with Crippen LogP contribution in [0.25, 0.3) is 0 Å². The number of hydrogen-bond acceptors (Lipinski definition) is 5. The molecule has 2 rings (SSSR count). The monoisotopic (exact) mass is 296 g/mol. The highest BCUT2D eigenvalue weighted by molar-refractivity contribution is 9.10. The number of nitrogens with zero attached hydrogens (tertiary/aromatic N) is 4. The van der Waals surface area contributed by atoms with Gasteiger partial charge in [-0.15, -0.1) is 0 Å². The van der Waals surface area contributed by atoms with Crippen LogP contribution < -0.4 is 11.1 Å². The van der Waals surface area contributed by atoms with Crippen molar-refractivity contribution in [2.75, 3.05) is 11.1 Å². The van der Waals surface area contributed by atoms with Gasteiger partial charge in [0.05, 0.1) is 5.69 Å². The third-order valence-electron chi connectivity index (χ3n) is 2.27. The average Bonchev–Trinajstić information content (AvgIpc) is 2.53. The molecule has 17 heavy (non-hydrogen) atoms. The number of rotatable bonds is 3. The minimum Gasteiger partial charge on any atom is -0.383 e. The second kappa shape index (κ2) is 4.70. The molecule has 0 fully saturated rings. The van der Waals surface area contributed by atoms with Crippen molar-refractivity contribution in [2.45, 2.75) is 13.5 Å². The molecule has 0 radical (unpaired) electrons. The number of nitrogens with one attached hydrogen (secondary N) is 1. The molecule has 0 saturated carbocycles. The van der Waals surface area contributed by atoms with Crippen LogP contribution in [0.3, 0.4) is 0 Å². The lowest BCUT2D eigenvalue weighted by Crippen LogP contribution is -2.05. The Balaban J connectivity index is 2.09. The van der Waals surface area contributed by atoms with E-state index in [1.807, 2.05) is 20.2 Å². The Hall–Kier alpha value is -1.63. The van der Waals surface area contributed by atoms with Gasteiger partial charge in [-0.3, -0.25) is 4.68 Å². The summed E-state index contributed by atoms with van der Waals surface area (Å²) in [5, 5.41) is 7.37. The topological polar surface area (TPSA) is 81.7 Å². The van der Waals surface area contributed by atoms with E-state index in [1.165, 1.54) is 0 Å². The van der Waals surface area contributed by atoms with E-state index in [2.05, 4.69) is 36.3 Å². The van der Waals surface area contributed by atoms with Crippen molar-refractivity contribution in [1.29, 1.82) is 0 Å². The molecule has 0 aliphatic rings. The van der Waals surface area contributed by atoms with Gasteiger partial charge in [-0.05, 0) is 22.9 Å². The lowest BCUT2D eigenvalue weighted by atomic mass is 10.3. The van der Waals surface area contributed by atoms with Gasteiger partial charge in [0, 0.05) is 31.4 Å². The van der Waals surface area contributed by atoms with Crippen molar-refractivity contribution in [2.24, 2.45) is 7.05 Å².